The summed E-state index contributed by atoms with van der Waals surface area (Å²) in [6.07, 6.45) is 0. The van der Waals surface area contributed by atoms with Crippen molar-refractivity contribution in [3.8, 4) is 5.75 Å². The van der Waals surface area contributed by atoms with Crippen LogP contribution in [0.1, 0.15) is 19.4 Å². The normalized spacial score (nSPS) is 8.33. The van der Waals surface area contributed by atoms with Gasteiger partial charge in [-0.05, 0) is 18.6 Å². The van der Waals surface area contributed by atoms with Gasteiger partial charge in [-0.15, -0.1) is 0 Å². The molecule has 1 aromatic rings. The van der Waals surface area contributed by atoms with Crippen LogP contribution < -0.4 is 4.89 Å². The molecular weight excluding hydrogens is 152 g/mol. The summed E-state index contributed by atoms with van der Waals surface area (Å²) in [4.78, 5) is 9.35. The van der Waals surface area contributed by atoms with Gasteiger partial charge in [-0.2, -0.15) is 4.89 Å². The molecule has 0 aliphatic rings. The number of hydrogen-bond donors (Lipinski definition) is 0. The molecule has 0 heterocycles. The molecule has 12 heavy (non-hydrogen) atoms. The Bertz CT molecular complexity index is 209. The van der Waals surface area contributed by atoms with Crippen molar-refractivity contribution >= 4 is 0 Å². The van der Waals surface area contributed by atoms with E-state index < -0.39 is 0 Å². The Balaban J connectivity index is 0.000000561. The summed E-state index contributed by atoms with van der Waals surface area (Å²) >= 11 is 0. The van der Waals surface area contributed by atoms with Crippen molar-refractivity contribution in [3.63, 3.8) is 0 Å². The van der Waals surface area contributed by atoms with Crippen molar-refractivity contribution in [2.24, 2.45) is 0 Å². The fourth-order valence-electron chi connectivity index (χ4n) is 0.740. The van der Waals surface area contributed by atoms with E-state index in [-0.39, 0.29) is 0 Å². The zero-order chi connectivity index (χ0) is 9.40. The summed E-state index contributed by atoms with van der Waals surface area (Å²) < 4.78 is 0. The first-order valence-electron chi connectivity index (χ1n) is 4.11. The minimum absolute atomic E-state index is 0.769. The van der Waals surface area contributed by atoms with Crippen LogP contribution in [0, 0.1) is 6.92 Å². The molecule has 68 valence electrons. The van der Waals surface area contributed by atoms with Crippen LogP contribution in [0.2, 0.25) is 0 Å². The average molecular weight is 168 g/mol. The lowest BCUT2D eigenvalue weighted by atomic mass is 10.2. The molecule has 0 radical (unpaired) electrons. The molecule has 0 saturated carbocycles. The van der Waals surface area contributed by atoms with Gasteiger partial charge in [0.25, 0.3) is 0 Å². The number of rotatable bonds is 2. The predicted molar refractivity (Wildman–Crippen MR) is 50.2 cm³/mol. The Kier molecular flexibility index (Phi) is 6.11. The van der Waals surface area contributed by atoms with Gasteiger partial charge in [0, 0.05) is 0 Å². The van der Waals surface area contributed by atoms with Gasteiger partial charge < -0.3 is 4.89 Å². The minimum atomic E-state index is 0.769. The van der Waals surface area contributed by atoms with Gasteiger partial charge in [0.1, 0.15) is 0 Å². The van der Waals surface area contributed by atoms with Crippen LogP contribution >= 0.6 is 0 Å². The third-order valence-electron chi connectivity index (χ3n) is 1.27. The van der Waals surface area contributed by atoms with Crippen molar-refractivity contribution in [2.75, 3.05) is 7.11 Å². The second kappa shape index (κ2) is 6.68. The Morgan fingerprint density at radius 3 is 2.17 bits per heavy atom. The second-order valence-electron chi connectivity index (χ2n) is 2.02. The van der Waals surface area contributed by atoms with Crippen molar-refractivity contribution < 1.29 is 9.78 Å². The highest BCUT2D eigenvalue weighted by molar-refractivity contribution is 5.31. The highest BCUT2D eigenvalue weighted by atomic mass is 17.2. The van der Waals surface area contributed by atoms with Crippen molar-refractivity contribution in [1.29, 1.82) is 0 Å². The molecule has 0 bridgehead atoms. The molecule has 0 spiro atoms. The molecule has 0 aliphatic carbocycles. The zero-order valence-corrected chi connectivity index (χ0v) is 8.13. The summed E-state index contributed by atoms with van der Waals surface area (Å²) in [6.45, 7) is 5.97. The first-order valence-corrected chi connectivity index (χ1v) is 4.11. The molecule has 1 rings (SSSR count). The summed E-state index contributed by atoms with van der Waals surface area (Å²) in [7, 11) is 1.49. The molecule has 0 atom stereocenters. The fraction of sp³-hybridized carbons (Fsp3) is 0.400. The average Bonchev–Trinajstić information content (AvgIpc) is 2.13. The van der Waals surface area contributed by atoms with Gasteiger partial charge in [0.15, 0.2) is 5.75 Å². The van der Waals surface area contributed by atoms with Crippen LogP contribution in [0.25, 0.3) is 0 Å². The summed E-state index contributed by atoms with van der Waals surface area (Å²) in [5.41, 5.74) is 1.07. The van der Waals surface area contributed by atoms with Gasteiger partial charge in [0.05, 0.1) is 7.11 Å². The molecule has 2 heteroatoms. The summed E-state index contributed by atoms with van der Waals surface area (Å²) in [5.74, 6) is 0.769. The molecule has 2 nitrogen and oxygen atoms in total. The topological polar surface area (TPSA) is 18.5 Å². The van der Waals surface area contributed by atoms with Gasteiger partial charge in [0.2, 0.25) is 0 Å². The van der Waals surface area contributed by atoms with Gasteiger partial charge >= 0.3 is 0 Å². The SMILES string of the molecule is CC.COOc1ccccc1C. The van der Waals surface area contributed by atoms with Crippen LogP contribution in [-0.4, -0.2) is 7.11 Å². The quantitative estimate of drug-likeness (QED) is 0.499. The van der Waals surface area contributed by atoms with Crippen LogP contribution in [-0.2, 0) is 4.89 Å². The molecule has 0 aliphatic heterocycles. The maximum atomic E-state index is 4.84. The van der Waals surface area contributed by atoms with E-state index in [2.05, 4.69) is 4.89 Å². The van der Waals surface area contributed by atoms with Crippen LogP contribution in [0.4, 0.5) is 0 Å². The zero-order valence-electron chi connectivity index (χ0n) is 8.13. The monoisotopic (exact) mass is 168 g/mol. The maximum Gasteiger partial charge on any atom is 0.168 e. The Hall–Kier alpha value is -1.02. The number of benzene rings is 1. The molecular formula is C10H16O2. The first kappa shape index (κ1) is 11.0. The summed E-state index contributed by atoms with van der Waals surface area (Å²) in [6, 6.07) is 7.69. The number of aryl methyl sites for hydroxylation is 1. The molecule has 0 amide bonds. The minimum Gasteiger partial charge on any atom is -0.338 e. The molecule has 0 fully saturated rings. The molecule has 0 unspecified atom stereocenters. The molecule has 0 aromatic heterocycles. The van der Waals surface area contributed by atoms with E-state index in [0.29, 0.717) is 0 Å². The molecule has 1 aromatic carbocycles. The highest BCUT2D eigenvalue weighted by Crippen LogP contribution is 2.15. The third kappa shape index (κ3) is 3.39. The van der Waals surface area contributed by atoms with E-state index in [0.717, 1.165) is 11.3 Å². The van der Waals surface area contributed by atoms with E-state index in [1.165, 1.54) is 7.11 Å². The number of hydrogen-bond acceptors (Lipinski definition) is 2. The predicted octanol–water partition coefficient (Wildman–Crippen LogP) is 2.96. The Labute approximate surface area is 74.1 Å². The molecule has 0 saturated heterocycles. The largest absolute Gasteiger partial charge is 0.338 e. The highest BCUT2D eigenvalue weighted by Gasteiger charge is 1.94. The standard InChI is InChI=1S/C8H10O2.C2H6/c1-7-5-3-4-6-8(7)10-9-2;1-2/h3-6H,1-2H3;1-2H3. The lowest BCUT2D eigenvalue weighted by molar-refractivity contribution is -0.178. The van der Waals surface area contributed by atoms with Crippen molar-refractivity contribution in [2.45, 2.75) is 20.8 Å². The van der Waals surface area contributed by atoms with Crippen molar-refractivity contribution in [1.82, 2.24) is 0 Å². The second-order valence-corrected chi connectivity index (χ2v) is 2.02. The molecule has 0 N–H and O–H groups in total. The van der Waals surface area contributed by atoms with E-state index in [4.69, 9.17) is 4.89 Å². The lowest BCUT2D eigenvalue weighted by Crippen LogP contribution is -1.91. The Morgan fingerprint density at radius 2 is 1.67 bits per heavy atom. The van der Waals surface area contributed by atoms with E-state index in [9.17, 15) is 0 Å². The summed E-state index contributed by atoms with van der Waals surface area (Å²) in [5, 5.41) is 0. The van der Waals surface area contributed by atoms with Gasteiger partial charge in [-0.3, -0.25) is 0 Å². The fourth-order valence-corrected chi connectivity index (χ4v) is 0.740. The van der Waals surface area contributed by atoms with Crippen molar-refractivity contribution in [3.05, 3.63) is 29.8 Å². The van der Waals surface area contributed by atoms with Crippen LogP contribution in [0.15, 0.2) is 24.3 Å². The first-order chi connectivity index (χ1) is 5.84. The lowest BCUT2D eigenvalue weighted by Gasteiger charge is -2.02. The van der Waals surface area contributed by atoms with E-state index in [1.807, 2.05) is 45.0 Å². The van der Waals surface area contributed by atoms with Crippen LogP contribution in [0.3, 0.4) is 0 Å². The van der Waals surface area contributed by atoms with Crippen LogP contribution in [0.5, 0.6) is 5.75 Å². The van der Waals surface area contributed by atoms with E-state index >= 15 is 0 Å². The smallest absolute Gasteiger partial charge is 0.168 e. The van der Waals surface area contributed by atoms with Gasteiger partial charge in [-0.25, -0.2) is 0 Å². The van der Waals surface area contributed by atoms with E-state index in [1.54, 1.807) is 0 Å². The van der Waals surface area contributed by atoms with Gasteiger partial charge in [-0.1, -0.05) is 32.0 Å². The Morgan fingerprint density at radius 1 is 1.08 bits per heavy atom. The number of para-hydroxylation sites is 1. The third-order valence-corrected chi connectivity index (χ3v) is 1.27. The maximum absolute atomic E-state index is 4.84.